The zero-order valence-electron chi connectivity index (χ0n) is 16.5. The number of benzene rings is 3. The predicted octanol–water partition coefficient (Wildman–Crippen LogP) is 4.25. The molecule has 0 aliphatic heterocycles. The Labute approximate surface area is 175 Å². The van der Waals surface area contributed by atoms with Crippen LogP contribution in [0.25, 0.3) is 22.5 Å². The fourth-order valence-corrected chi connectivity index (χ4v) is 3.46. The molecule has 0 bridgehead atoms. The van der Waals surface area contributed by atoms with Gasteiger partial charge in [-0.2, -0.15) is 5.10 Å². The molecule has 1 unspecified atom stereocenters. The molecule has 3 N–H and O–H groups in total. The highest BCUT2D eigenvalue weighted by atomic mass is 16.3. The van der Waals surface area contributed by atoms with Gasteiger partial charge in [0.2, 0.25) is 0 Å². The molecule has 0 saturated carbocycles. The van der Waals surface area contributed by atoms with Gasteiger partial charge in [-0.25, -0.2) is 0 Å². The quantitative estimate of drug-likeness (QED) is 0.436. The minimum atomic E-state index is -0.184. The Morgan fingerprint density at radius 2 is 1.60 bits per heavy atom. The molecule has 1 atom stereocenters. The molecular formula is C25H23N3O2. The van der Waals surface area contributed by atoms with Crippen molar-refractivity contribution < 1.29 is 9.90 Å². The van der Waals surface area contributed by atoms with Crippen LogP contribution in [0.1, 0.15) is 21.8 Å². The molecule has 0 aliphatic rings. The average molecular weight is 397 g/mol. The van der Waals surface area contributed by atoms with Crippen LogP contribution in [0.4, 0.5) is 0 Å². The van der Waals surface area contributed by atoms with Gasteiger partial charge in [-0.15, -0.1) is 0 Å². The second kappa shape index (κ2) is 9.20. The van der Waals surface area contributed by atoms with Crippen molar-refractivity contribution in [2.24, 2.45) is 0 Å². The number of aliphatic hydroxyl groups is 1. The summed E-state index contributed by atoms with van der Waals surface area (Å²) in [5.41, 5.74) is 4.95. The molecule has 30 heavy (non-hydrogen) atoms. The Morgan fingerprint density at radius 3 is 2.33 bits per heavy atom. The Morgan fingerprint density at radius 1 is 0.933 bits per heavy atom. The SMILES string of the molecule is O=C(NCC(CO)c1ccccc1)c1ccccc1-c1cc(-c2ccccc2)n[nH]1. The van der Waals surface area contributed by atoms with Crippen LogP contribution < -0.4 is 5.32 Å². The lowest BCUT2D eigenvalue weighted by molar-refractivity contribution is 0.0948. The van der Waals surface area contributed by atoms with Crippen LogP contribution >= 0.6 is 0 Å². The average Bonchev–Trinajstić information content (AvgIpc) is 3.31. The summed E-state index contributed by atoms with van der Waals surface area (Å²) in [5, 5.41) is 20.2. The number of aromatic amines is 1. The third-order valence-corrected chi connectivity index (χ3v) is 5.11. The number of hydrogen-bond donors (Lipinski definition) is 3. The number of aliphatic hydroxyl groups excluding tert-OH is 1. The van der Waals surface area contributed by atoms with Crippen molar-refractivity contribution in [2.45, 2.75) is 5.92 Å². The van der Waals surface area contributed by atoms with Gasteiger partial charge in [-0.05, 0) is 17.7 Å². The zero-order chi connectivity index (χ0) is 20.8. The van der Waals surface area contributed by atoms with E-state index in [2.05, 4.69) is 15.5 Å². The van der Waals surface area contributed by atoms with E-state index in [9.17, 15) is 9.90 Å². The first-order valence-corrected chi connectivity index (χ1v) is 9.90. The van der Waals surface area contributed by atoms with Crippen molar-refractivity contribution in [1.82, 2.24) is 15.5 Å². The van der Waals surface area contributed by atoms with Gasteiger partial charge in [0.05, 0.1) is 18.0 Å². The number of aromatic nitrogens is 2. The van der Waals surface area contributed by atoms with E-state index in [1.807, 2.05) is 84.9 Å². The van der Waals surface area contributed by atoms with Crippen molar-refractivity contribution in [3.05, 3.63) is 102 Å². The van der Waals surface area contributed by atoms with E-state index in [0.29, 0.717) is 12.1 Å². The number of hydrogen-bond acceptors (Lipinski definition) is 3. The molecule has 0 aliphatic carbocycles. The fraction of sp³-hybridized carbons (Fsp3) is 0.120. The third-order valence-electron chi connectivity index (χ3n) is 5.11. The highest BCUT2D eigenvalue weighted by Gasteiger charge is 2.17. The minimum absolute atomic E-state index is 0.0348. The van der Waals surface area contributed by atoms with E-state index in [4.69, 9.17) is 0 Å². The van der Waals surface area contributed by atoms with Crippen LogP contribution in [-0.4, -0.2) is 34.4 Å². The molecule has 3 aromatic carbocycles. The molecule has 0 radical (unpaired) electrons. The summed E-state index contributed by atoms with van der Waals surface area (Å²) in [6, 6.07) is 29.0. The summed E-state index contributed by atoms with van der Waals surface area (Å²) in [4.78, 5) is 12.9. The smallest absolute Gasteiger partial charge is 0.251 e. The molecule has 4 aromatic rings. The largest absolute Gasteiger partial charge is 0.396 e. The summed E-state index contributed by atoms with van der Waals surface area (Å²) in [7, 11) is 0. The minimum Gasteiger partial charge on any atom is -0.396 e. The van der Waals surface area contributed by atoms with Gasteiger partial charge in [0, 0.05) is 29.2 Å². The van der Waals surface area contributed by atoms with Crippen LogP contribution in [-0.2, 0) is 0 Å². The molecule has 0 spiro atoms. The first-order valence-electron chi connectivity index (χ1n) is 9.90. The molecule has 1 aromatic heterocycles. The number of H-pyrrole nitrogens is 1. The van der Waals surface area contributed by atoms with Gasteiger partial charge in [0.25, 0.3) is 5.91 Å². The molecule has 5 heteroatoms. The van der Waals surface area contributed by atoms with Crippen molar-refractivity contribution in [1.29, 1.82) is 0 Å². The van der Waals surface area contributed by atoms with E-state index >= 15 is 0 Å². The zero-order valence-corrected chi connectivity index (χ0v) is 16.5. The monoisotopic (exact) mass is 397 g/mol. The van der Waals surface area contributed by atoms with Crippen LogP contribution in [0.5, 0.6) is 0 Å². The van der Waals surface area contributed by atoms with E-state index in [-0.39, 0.29) is 18.4 Å². The second-order valence-electron chi connectivity index (χ2n) is 7.08. The number of carbonyl (C=O) groups excluding carboxylic acids is 1. The highest BCUT2D eigenvalue weighted by molar-refractivity contribution is 6.00. The van der Waals surface area contributed by atoms with Crippen molar-refractivity contribution >= 4 is 5.91 Å². The molecule has 1 amide bonds. The van der Waals surface area contributed by atoms with Crippen molar-refractivity contribution in [3.63, 3.8) is 0 Å². The maximum absolute atomic E-state index is 12.9. The molecule has 0 fully saturated rings. The number of rotatable bonds is 7. The molecule has 4 rings (SSSR count). The standard InChI is InChI=1S/C25H23N3O2/c29-17-20(18-9-3-1-4-10-18)16-26-25(30)22-14-8-7-13-21(22)24-15-23(27-28-24)19-11-5-2-6-12-19/h1-15,20,29H,16-17H2,(H,26,30)(H,27,28). The Bertz CT molecular complexity index is 1110. The topological polar surface area (TPSA) is 78.0 Å². The Hall–Kier alpha value is -3.70. The lowest BCUT2D eigenvalue weighted by atomic mass is 9.99. The summed E-state index contributed by atoms with van der Waals surface area (Å²) >= 11 is 0. The highest BCUT2D eigenvalue weighted by Crippen LogP contribution is 2.26. The third kappa shape index (κ3) is 4.31. The van der Waals surface area contributed by atoms with Crippen LogP contribution in [0.15, 0.2) is 91.0 Å². The fourth-order valence-electron chi connectivity index (χ4n) is 3.46. The number of nitrogens with zero attached hydrogens (tertiary/aromatic N) is 1. The van der Waals surface area contributed by atoms with Gasteiger partial charge in [-0.3, -0.25) is 9.89 Å². The van der Waals surface area contributed by atoms with Gasteiger partial charge in [0.1, 0.15) is 0 Å². The van der Waals surface area contributed by atoms with E-state index in [0.717, 1.165) is 28.1 Å². The summed E-state index contributed by atoms with van der Waals surface area (Å²) in [6.45, 7) is 0.318. The number of amides is 1. The molecule has 150 valence electrons. The maximum Gasteiger partial charge on any atom is 0.251 e. The predicted molar refractivity (Wildman–Crippen MR) is 118 cm³/mol. The van der Waals surface area contributed by atoms with E-state index < -0.39 is 0 Å². The first-order chi connectivity index (χ1) is 14.8. The normalized spacial score (nSPS) is 11.8. The maximum atomic E-state index is 12.9. The van der Waals surface area contributed by atoms with Gasteiger partial charge in [-0.1, -0.05) is 78.9 Å². The van der Waals surface area contributed by atoms with E-state index in [1.165, 1.54) is 0 Å². The molecule has 5 nitrogen and oxygen atoms in total. The molecular weight excluding hydrogens is 374 g/mol. The van der Waals surface area contributed by atoms with Crippen molar-refractivity contribution in [3.8, 4) is 22.5 Å². The Balaban J connectivity index is 1.53. The summed E-state index contributed by atoms with van der Waals surface area (Å²) in [5.74, 6) is -0.338. The van der Waals surface area contributed by atoms with Gasteiger partial charge >= 0.3 is 0 Å². The van der Waals surface area contributed by atoms with Crippen molar-refractivity contribution in [2.75, 3.05) is 13.2 Å². The number of carbonyl (C=O) groups is 1. The first kappa shape index (κ1) is 19.6. The van der Waals surface area contributed by atoms with Gasteiger partial charge < -0.3 is 10.4 Å². The van der Waals surface area contributed by atoms with Crippen LogP contribution in [0.3, 0.4) is 0 Å². The molecule has 0 saturated heterocycles. The summed E-state index contributed by atoms with van der Waals surface area (Å²) in [6.07, 6.45) is 0. The van der Waals surface area contributed by atoms with Gasteiger partial charge in [0.15, 0.2) is 0 Å². The molecule has 1 heterocycles. The lowest BCUT2D eigenvalue weighted by Crippen LogP contribution is -2.30. The Kier molecular flexibility index (Phi) is 6.01. The second-order valence-corrected chi connectivity index (χ2v) is 7.08. The lowest BCUT2D eigenvalue weighted by Gasteiger charge is -2.16. The number of nitrogens with one attached hydrogen (secondary N) is 2. The van der Waals surface area contributed by atoms with Crippen LogP contribution in [0.2, 0.25) is 0 Å². The summed E-state index contributed by atoms with van der Waals surface area (Å²) < 4.78 is 0. The van der Waals surface area contributed by atoms with E-state index in [1.54, 1.807) is 6.07 Å². The van der Waals surface area contributed by atoms with Crippen LogP contribution in [0, 0.1) is 0 Å².